The third kappa shape index (κ3) is 9.15. The maximum Gasteiger partial charge on any atom is 0.307 e. The van der Waals surface area contributed by atoms with Gasteiger partial charge in [0.2, 0.25) is 27.7 Å². The highest BCUT2D eigenvalue weighted by atomic mass is 32.2. The lowest BCUT2D eigenvalue weighted by atomic mass is 9.82. The molecular weight excluding hydrogens is 811 g/mol. The molecule has 60 heavy (non-hydrogen) atoms. The van der Waals surface area contributed by atoms with E-state index in [2.05, 4.69) is 9.71 Å². The van der Waals surface area contributed by atoms with Gasteiger partial charge >= 0.3 is 5.97 Å². The van der Waals surface area contributed by atoms with Crippen LogP contribution in [0, 0.1) is 34.9 Å². The molecule has 2 saturated carbocycles. The monoisotopic (exact) mass is 865 g/mol. The second-order valence-corrected chi connectivity index (χ2v) is 20.0. The Bertz CT molecular complexity index is 2140. The van der Waals surface area contributed by atoms with Crippen LogP contribution in [0.3, 0.4) is 0 Å². The fourth-order valence-corrected chi connectivity index (χ4v) is 9.95. The van der Waals surface area contributed by atoms with Gasteiger partial charge in [-0.25, -0.2) is 31.0 Å². The minimum atomic E-state index is -4.42. The van der Waals surface area contributed by atoms with Gasteiger partial charge in [-0.2, -0.15) is 0 Å². The normalized spacial score (nSPS) is 29.1. The number of ether oxygens (including phenoxy) is 3. The number of nitrogens with zero attached hydrogens (tertiary/aromatic N) is 2. The average molecular weight is 866 g/mol. The lowest BCUT2D eigenvalue weighted by Gasteiger charge is -2.34. The van der Waals surface area contributed by atoms with Crippen LogP contribution in [0.2, 0.25) is 0 Å². The van der Waals surface area contributed by atoms with E-state index in [1.807, 2.05) is 13.0 Å². The zero-order valence-electron chi connectivity index (χ0n) is 34.9. The van der Waals surface area contributed by atoms with Gasteiger partial charge < -0.3 is 19.1 Å². The lowest BCUT2D eigenvalue weighted by Crippen LogP contribution is -2.49. The SMILES string of the molecule is CCOc1cc2ccnc(O[C@@H]3C[C@H]4C(=O)C[C@]5(C(=O)NS(=O)(=O)C6(CF)CC6)C[C@H]5/C=C\CC[C@H](C)C[C@@H](C)[C@H](CC(=O)OC(C)(C)C(C)(F)F)C(=O)N4C3)c2cc1F. The second kappa shape index (κ2) is 16.9. The molecule has 12 nitrogen and oxygen atoms in total. The predicted molar refractivity (Wildman–Crippen MR) is 213 cm³/mol. The Labute approximate surface area is 348 Å². The Balaban J connectivity index is 1.36. The summed E-state index contributed by atoms with van der Waals surface area (Å²) in [6.45, 7) is 7.13. The van der Waals surface area contributed by atoms with Crippen molar-refractivity contribution in [3.05, 3.63) is 42.4 Å². The second-order valence-electron chi connectivity index (χ2n) is 17.9. The van der Waals surface area contributed by atoms with Gasteiger partial charge in [-0.3, -0.25) is 23.9 Å². The minimum Gasteiger partial charge on any atom is -0.491 e. The van der Waals surface area contributed by atoms with Crippen LogP contribution >= 0.6 is 0 Å². The number of sulfonamides is 1. The Kier molecular flexibility index (Phi) is 12.7. The van der Waals surface area contributed by atoms with Gasteiger partial charge in [0, 0.05) is 31.3 Å². The number of nitrogens with one attached hydrogen (secondary N) is 1. The van der Waals surface area contributed by atoms with Gasteiger partial charge in [-0.1, -0.05) is 26.0 Å². The molecule has 2 aliphatic heterocycles. The lowest BCUT2D eigenvalue weighted by molar-refractivity contribution is -0.197. The van der Waals surface area contributed by atoms with Crippen LogP contribution in [0.15, 0.2) is 36.5 Å². The fraction of sp³-hybridized carbons (Fsp3) is 0.651. The van der Waals surface area contributed by atoms with E-state index in [1.54, 1.807) is 26.0 Å². The molecule has 2 amide bonds. The van der Waals surface area contributed by atoms with Crippen molar-refractivity contribution < 1.29 is 59.4 Å². The maximum atomic E-state index is 15.1. The zero-order valence-corrected chi connectivity index (χ0v) is 35.7. The number of amides is 2. The summed E-state index contributed by atoms with van der Waals surface area (Å²) < 4.78 is 102. The highest BCUT2D eigenvalue weighted by molar-refractivity contribution is 7.91. The molecule has 17 heteroatoms. The number of benzene rings is 1. The molecule has 3 fully saturated rings. The van der Waals surface area contributed by atoms with E-state index < -0.39 is 111 Å². The average Bonchev–Trinajstić information content (AvgIpc) is 4.06. The minimum absolute atomic E-state index is 0.0125. The summed E-state index contributed by atoms with van der Waals surface area (Å²) in [5.74, 6) is -9.30. The molecule has 3 heterocycles. The van der Waals surface area contributed by atoms with Gasteiger partial charge in [-0.05, 0) is 101 Å². The summed E-state index contributed by atoms with van der Waals surface area (Å²) in [6, 6.07) is 3.11. The molecule has 0 bridgehead atoms. The Morgan fingerprint density at radius 2 is 1.82 bits per heavy atom. The first-order valence-corrected chi connectivity index (χ1v) is 22.1. The van der Waals surface area contributed by atoms with Gasteiger partial charge in [0.25, 0.3) is 5.92 Å². The van der Waals surface area contributed by atoms with Crippen LogP contribution in [0.1, 0.15) is 99.3 Å². The van der Waals surface area contributed by atoms with E-state index in [1.165, 1.54) is 23.2 Å². The Morgan fingerprint density at radius 3 is 2.47 bits per heavy atom. The number of rotatable bonds is 12. The third-order valence-corrected chi connectivity index (χ3v) is 15.1. The number of carbonyl (C=O) groups excluding carboxylic acids is 4. The number of halogens is 4. The van der Waals surface area contributed by atoms with Crippen molar-refractivity contribution in [1.29, 1.82) is 0 Å². The number of esters is 1. The number of allylic oxidation sites excluding steroid dienone is 2. The number of alkyl halides is 3. The van der Waals surface area contributed by atoms with Gasteiger partial charge in [0.15, 0.2) is 23.0 Å². The number of fused-ring (bicyclic) bond motifs is 3. The molecule has 2 aromatic rings. The Morgan fingerprint density at radius 1 is 1.10 bits per heavy atom. The van der Waals surface area contributed by atoms with Crippen LogP contribution in [0.4, 0.5) is 17.6 Å². The first-order chi connectivity index (χ1) is 28.1. The highest BCUT2D eigenvalue weighted by Crippen LogP contribution is 2.58. The number of carbonyl (C=O) groups is 4. The van der Waals surface area contributed by atoms with Crippen LogP contribution in [-0.4, -0.2) is 90.1 Å². The molecule has 330 valence electrons. The molecule has 1 N–H and O–H groups in total. The zero-order chi connectivity index (χ0) is 44.0. The van der Waals surface area contributed by atoms with Crippen molar-refractivity contribution in [1.82, 2.24) is 14.6 Å². The number of ketones is 1. The van der Waals surface area contributed by atoms with Crippen LogP contribution in [-0.2, 0) is 33.9 Å². The number of hydrogen-bond donors (Lipinski definition) is 1. The summed E-state index contributed by atoms with van der Waals surface area (Å²) in [5, 5.41) is 0.841. The molecule has 0 radical (unpaired) electrons. The number of hydrogen-bond acceptors (Lipinski definition) is 10. The summed E-state index contributed by atoms with van der Waals surface area (Å²) in [7, 11) is -4.42. The van der Waals surface area contributed by atoms with E-state index in [0.717, 1.165) is 13.8 Å². The van der Waals surface area contributed by atoms with Crippen molar-refractivity contribution in [3.63, 3.8) is 0 Å². The molecule has 0 unspecified atom stereocenters. The van der Waals surface area contributed by atoms with E-state index in [-0.39, 0.29) is 56.4 Å². The molecule has 6 rings (SSSR count). The smallest absolute Gasteiger partial charge is 0.307 e. The molecule has 0 spiro atoms. The highest BCUT2D eigenvalue weighted by Gasteiger charge is 2.63. The fourth-order valence-electron chi connectivity index (χ4n) is 8.50. The first kappa shape index (κ1) is 45.3. The molecule has 1 aromatic carbocycles. The number of pyridine rings is 1. The number of Topliss-reactive ketones (excluding diaryl/α,β-unsaturated/α-hetero) is 1. The first-order valence-electron chi connectivity index (χ1n) is 20.7. The quantitative estimate of drug-likeness (QED) is 0.133. The standard InChI is InChI=1S/C43H55F4N3O9S/c1-7-57-35-17-27-12-15-48-37(31(27)19-32(35)45)58-29-18-33-34(51)22-43(39(54)49-60(55,56)42(24-44)13-14-42)21-28(43)11-9-8-10-25(2)16-26(3)30(38(53)50(33)23-29)20-36(52)59-40(4,5)41(6,46)47/h9,11-12,15,17,19,25-26,28-30,33H,7-8,10,13-14,16,18,20-24H2,1-6H3,(H,49,54)/b11-9-/t25-,26+,28+,29+,30-,33-,43+/m0/s1. The third-order valence-electron chi connectivity index (χ3n) is 13.0. The molecule has 2 aliphatic carbocycles. The van der Waals surface area contributed by atoms with Crippen LogP contribution in [0.25, 0.3) is 10.8 Å². The Hall–Kier alpha value is -4.28. The predicted octanol–water partition coefficient (Wildman–Crippen LogP) is 7.03. The van der Waals surface area contributed by atoms with E-state index >= 15 is 4.39 Å². The molecule has 7 atom stereocenters. The van der Waals surface area contributed by atoms with E-state index in [4.69, 9.17) is 14.2 Å². The topological polar surface area (TPSA) is 158 Å². The van der Waals surface area contributed by atoms with E-state index in [9.17, 15) is 40.8 Å². The summed E-state index contributed by atoms with van der Waals surface area (Å²) >= 11 is 0. The van der Waals surface area contributed by atoms with Gasteiger partial charge in [0.1, 0.15) is 17.5 Å². The van der Waals surface area contributed by atoms with Gasteiger partial charge in [-0.15, -0.1) is 0 Å². The molecule has 1 aromatic heterocycles. The van der Waals surface area contributed by atoms with Crippen LogP contribution in [0.5, 0.6) is 11.6 Å². The molecule has 1 saturated heterocycles. The van der Waals surface area contributed by atoms with Crippen LogP contribution < -0.4 is 14.2 Å². The van der Waals surface area contributed by atoms with Crippen molar-refractivity contribution in [2.75, 3.05) is 19.8 Å². The van der Waals surface area contributed by atoms with Gasteiger partial charge in [0.05, 0.1) is 36.9 Å². The summed E-state index contributed by atoms with van der Waals surface area (Å²) in [4.78, 5) is 62.6. The summed E-state index contributed by atoms with van der Waals surface area (Å²) in [5.41, 5.74) is -3.70. The largest absolute Gasteiger partial charge is 0.491 e. The van der Waals surface area contributed by atoms with Crippen molar-refractivity contribution in [3.8, 4) is 11.6 Å². The maximum absolute atomic E-state index is 15.1. The molecule has 4 aliphatic rings. The number of aromatic nitrogens is 1. The van der Waals surface area contributed by atoms with E-state index in [0.29, 0.717) is 37.0 Å². The van der Waals surface area contributed by atoms with Crippen molar-refractivity contribution in [2.45, 2.75) is 128 Å². The summed E-state index contributed by atoms with van der Waals surface area (Å²) in [6.07, 6.45) is 4.97. The van der Waals surface area contributed by atoms with Crippen molar-refractivity contribution >= 4 is 44.4 Å². The molecular formula is C43H55F4N3O9S. The van der Waals surface area contributed by atoms with Crippen molar-refractivity contribution in [2.24, 2.45) is 29.1 Å².